The van der Waals surface area contributed by atoms with Gasteiger partial charge >= 0.3 is 17.9 Å². The molecule has 0 spiro atoms. The summed E-state index contributed by atoms with van der Waals surface area (Å²) in [6.07, 6.45) is 86.9. The lowest BCUT2D eigenvalue weighted by atomic mass is 10.0. The van der Waals surface area contributed by atoms with Gasteiger partial charge in [-0.3, -0.25) is 14.4 Å². The third-order valence-electron chi connectivity index (χ3n) is 17.5. The molecule has 6 heteroatoms. The van der Waals surface area contributed by atoms with Crippen molar-refractivity contribution in [3.05, 3.63) is 12.2 Å². The van der Waals surface area contributed by atoms with Gasteiger partial charge in [-0.25, -0.2) is 0 Å². The van der Waals surface area contributed by atoms with Crippen molar-refractivity contribution in [1.29, 1.82) is 0 Å². The van der Waals surface area contributed by atoms with Crippen LogP contribution in [0.2, 0.25) is 0 Å². The Balaban J connectivity index is 4.17. The molecule has 0 saturated heterocycles. The van der Waals surface area contributed by atoms with Gasteiger partial charge in [0.25, 0.3) is 0 Å². The van der Waals surface area contributed by atoms with Gasteiger partial charge in [-0.15, -0.1) is 0 Å². The van der Waals surface area contributed by atoms with Gasteiger partial charge in [-0.1, -0.05) is 386 Å². The molecule has 0 aromatic rings. The van der Waals surface area contributed by atoms with Crippen LogP contribution in [-0.2, 0) is 28.6 Å². The molecule has 0 radical (unpaired) electrons. The van der Waals surface area contributed by atoms with E-state index in [1.165, 1.54) is 340 Å². The Hall–Kier alpha value is -1.85. The molecular weight excluding hydrogens is 1010 g/mol. The third kappa shape index (κ3) is 68.9. The summed E-state index contributed by atoms with van der Waals surface area (Å²) in [4.78, 5) is 38.5. The summed E-state index contributed by atoms with van der Waals surface area (Å²) in [6.45, 7) is 6.74. The zero-order valence-electron chi connectivity index (χ0n) is 56.1. The summed E-state index contributed by atoms with van der Waals surface area (Å²) >= 11 is 0. The molecule has 0 aliphatic carbocycles. The van der Waals surface area contributed by atoms with Gasteiger partial charge in [0.2, 0.25) is 0 Å². The monoisotopic (exact) mass is 1160 g/mol. The SMILES string of the molecule is CCCCCCCCCC/C=C\CCCCCCCCCCCC(=O)OC(COC(=O)CCCCCCCCCCCCCCCC)COC(=O)CCCCCCCCCCCCCCCCCCCCCCCCCCCCCCC. The van der Waals surface area contributed by atoms with Crippen LogP contribution in [0.15, 0.2) is 12.2 Å². The summed E-state index contributed by atoms with van der Waals surface area (Å²) in [5.74, 6) is -0.827. The average molecular weight is 1160 g/mol. The van der Waals surface area contributed by atoms with Crippen molar-refractivity contribution >= 4 is 17.9 Å². The molecule has 1 atom stereocenters. The fourth-order valence-corrected chi connectivity index (χ4v) is 11.9. The van der Waals surface area contributed by atoms with Crippen LogP contribution in [0, 0.1) is 0 Å². The van der Waals surface area contributed by atoms with Gasteiger partial charge < -0.3 is 14.2 Å². The van der Waals surface area contributed by atoms with E-state index in [1.54, 1.807) is 0 Å². The highest BCUT2D eigenvalue weighted by molar-refractivity contribution is 5.71. The Morgan fingerprint density at radius 2 is 0.402 bits per heavy atom. The van der Waals surface area contributed by atoms with Crippen molar-refractivity contribution in [2.24, 2.45) is 0 Å². The number of allylic oxidation sites excluding steroid dienone is 2. The fraction of sp³-hybridized carbons (Fsp3) is 0.934. The molecule has 6 nitrogen and oxygen atoms in total. The summed E-state index contributed by atoms with van der Waals surface area (Å²) in [5.41, 5.74) is 0. The van der Waals surface area contributed by atoms with Gasteiger partial charge in [0.1, 0.15) is 13.2 Å². The number of carbonyl (C=O) groups excluding carboxylic acids is 3. The molecule has 0 fully saturated rings. The van der Waals surface area contributed by atoms with E-state index in [2.05, 4.69) is 32.9 Å². The predicted octanol–water partition coefficient (Wildman–Crippen LogP) is 26.0. The van der Waals surface area contributed by atoms with Crippen LogP contribution < -0.4 is 0 Å². The summed E-state index contributed by atoms with van der Waals surface area (Å²) in [5, 5.41) is 0. The van der Waals surface area contributed by atoms with E-state index in [0.717, 1.165) is 57.8 Å². The molecular formula is C76H146O6. The van der Waals surface area contributed by atoms with Gasteiger partial charge in [-0.05, 0) is 44.9 Å². The van der Waals surface area contributed by atoms with E-state index >= 15 is 0 Å². The molecule has 0 bridgehead atoms. The number of rotatable bonds is 71. The number of carbonyl (C=O) groups is 3. The second-order valence-electron chi connectivity index (χ2n) is 25.9. The zero-order valence-corrected chi connectivity index (χ0v) is 56.1. The van der Waals surface area contributed by atoms with E-state index in [4.69, 9.17) is 14.2 Å². The maximum absolute atomic E-state index is 13.0. The number of hydrogen-bond donors (Lipinski definition) is 0. The number of esters is 3. The van der Waals surface area contributed by atoms with Crippen LogP contribution in [-0.4, -0.2) is 37.2 Å². The second-order valence-corrected chi connectivity index (χ2v) is 25.9. The Kier molecular flexibility index (Phi) is 70.0. The van der Waals surface area contributed by atoms with Crippen LogP contribution >= 0.6 is 0 Å². The van der Waals surface area contributed by atoms with Crippen LogP contribution in [0.5, 0.6) is 0 Å². The van der Waals surface area contributed by atoms with E-state index in [0.29, 0.717) is 19.3 Å². The quantitative estimate of drug-likeness (QED) is 0.0261. The van der Waals surface area contributed by atoms with Gasteiger partial charge in [-0.2, -0.15) is 0 Å². The molecule has 0 aromatic carbocycles. The van der Waals surface area contributed by atoms with Crippen LogP contribution in [0.3, 0.4) is 0 Å². The molecule has 0 aromatic heterocycles. The minimum atomic E-state index is -0.768. The number of hydrogen-bond acceptors (Lipinski definition) is 6. The Bertz CT molecular complexity index is 1280. The topological polar surface area (TPSA) is 78.9 Å². The number of unbranched alkanes of at least 4 members (excludes halogenated alkanes) is 58. The lowest BCUT2D eigenvalue weighted by Crippen LogP contribution is -2.30. The fourth-order valence-electron chi connectivity index (χ4n) is 11.9. The Morgan fingerprint density at radius 3 is 0.610 bits per heavy atom. The normalized spacial score (nSPS) is 12.0. The predicted molar refractivity (Wildman–Crippen MR) is 358 cm³/mol. The molecule has 0 heterocycles. The smallest absolute Gasteiger partial charge is 0.306 e. The maximum atomic E-state index is 13.0. The van der Waals surface area contributed by atoms with E-state index in [9.17, 15) is 14.4 Å². The maximum Gasteiger partial charge on any atom is 0.306 e. The highest BCUT2D eigenvalue weighted by atomic mass is 16.6. The van der Waals surface area contributed by atoms with Crippen molar-refractivity contribution in [3.63, 3.8) is 0 Å². The first-order chi connectivity index (χ1) is 40.5. The summed E-state index contributed by atoms with van der Waals surface area (Å²) in [7, 11) is 0. The van der Waals surface area contributed by atoms with Gasteiger partial charge in [0.05, 0.1) is 0 Å². The standard InChI is InChI=1S/C76H146O6/c1-4-7-10-13-16-19-22-25-28-30-32-34-35-36-37-38-39-40-41-43-44-46-48-51-54-57-60-63-66-69-75(78)81-72-73(71-80-74(77)68-65-62-59-56-53-50-27-24-21-18-15-12-9-6-3)82-76(79)70-67-64-61-58-55-52-49-47-45-42-33-31-29-26-23-20-17-14-11-8-5-2/h31,33,73H,4-30,32,34-72H2,1-3H3/b33-31-. The first-order valence-electron chi connectivity index (χ1n) is 37.7. The average Bonchev–Trinajstić information content (AvgIpc) is 3.47. The first kappa shape index (κ1) is 80.2. The molecule has 1 unspecified atom stereocenters. The summed E-state index contributed by atoms with van der Waals surface area (Å²) < 4.78 is 17.0. The zero-order chi connectivity index (χ0) is 59.2. The lowest BCUT2D eigenvalue weighted by Gasteiger charge is -2.18. The van der Waals surface area contributed by atoms with Gasteiger partial charge in [0.15, 0.2) is 6.10 Å². The first-order valence-corrected chi connectivity index (χ1v) is 37.7. The van der Waals surface area contributed by atoms with Crippen molar-refractivity contribution in [2.45, 2.75) is 444 Å². The minimum Gasteiger partial charge on any atom is -0.462 e. The molecule has 486 valence electrons. The van der Waals surface area contributed by atoms with E-state index in [-0.39, 0.29) is 31.1 Å². The van der Waals surface area contributed by atoms with Gasteiger partial charge in [0, 0.05) is 19.3 Å². The van der Waals surface area contributed by atoms with Crippen LogP contribution in [0.25, 0.3) is 0 Å². The van der Waals surface area contributed by atoms with E-state index in [1.807, 2.05) is 0 Å². The molecule has 82 heavy (non-hydrogen) atoms. The lowest BCUT2D eigenvalue weighted by molar-refractivity contribution is -0.167. The van der Waals surface area contributed by atoms with Crippen molar-refractivity contribution in [1.82, 2.24) is 0 Å². The Morgan fingerprint density at radius 1 is 0.232 bits per heavy atom. The van der Waals surface area contributed by atoms with Crippen LogP contribution in [0.1, 0.15) is 438 Å². The molecule has 0 rings (SSSR count). The van der Waals surface area contributed by atoms with Crippen molar-refractivity contribution in [3.8, 4) is 0 Å². The minimum absolute atomic E-state index is 0.0636. The van der Waals surface area contributed by atoms with Crippen LogP contribution in [0.4, 0.5) is 0 Å². The molecule has 0 amide bonds. The molecule has 0 saturated carbocycles. The van der Waals surface area contributed by atoms with Crippen molar-refractivity contribution < 1.29 is 28.6 Å². The van der Waals surface area contributed by atoms with E-state index < -0.39 is 6.10 Å². The summed E-state index contributed by atoms with van der Waals surface area (Å²) in [6, 6.07) is 0. The Labute approximate surface area is 513 Å². The molecule has 0 aliphatic heterocycles. The van der Waals surface area contributed by atoms with Crippen molar-refractivity contribution in [2.75, 3.05) is 13.2 Å². The largest absolute Gasteiger partial charge is 0.462 e. The third-order valence-corrected chi connectivity index (χ3v) is 17.5. The molecule has 0 N–H and O–H groups in total. The highest BCUT2D eigenvalue weighted by Gasteiger charge is 2.20. The highest BCUT2D eigenvalue weighted by Crippen LogP contribution is 2.20. The molecule has 0 aliphatic rings. The number of ether oxygens (including phenoxy) is 3. The second kappa shape index (κ2) is 71.6.